The van der Waals surface area contributed by atoms with Gasteiger partial charge in [0.25, 0.3) is 11.8 Å². The number of aromatic amines is 1. The maximum atomic E-state index is 12.1. The van der Waals surface area contributed by atoms with E-state index in [2.05, 4.69) is 24.9 Å². The third kappa shape index (κ3) is 2.49. The molecule has 0 aliphatic rings. The Balaban J connectivity index is 1.63. The Hall–Kier alpha value is -4.14. The van der Waals surface area contributed by atoms with Crippen molar-refractivity contribution in [1.29, 1.82) is 0 Å². The van der Waals surface area contributed by atoms with Crippen LogP contribution in [0.2, 0.25) is 0 Å². The zero-order valence-electron chi connectivity index (χ0n) is 13.5. The number of para-hydroxylation sites is 1. The van der Waals surface area contributed by atoms with Crippen molar-refractivity contribution in [3.05, 3.63) is 69.6 Å². The first-order valence-electron chi connectivity index (χ1n) is 7.90. The zero-order valence-corrected chi connectivity index (χ0v) is 13.5. The number of fused-ring (bicyclic) bond motifs is 2. The molecule has 0 bridgehead atoms. The van der Waals surface area contributed by atoms with Crippen LogP contribution in [0, 0.1) is 0 Å². The lowest BCUT2D eigenvalue weighted by Crippen LogP contribution is -2.04. The molecule has 9 nitrogen and oxygen atoms in total. The normalized spacial score (nSPS) is 11.3. The zero-order chi connectivity index (χ0) is 18.4. The topological polar surface area (TPSA) is 128 Å². The molecule has 9 heteroatoms. The molecule has 1 N–H and O–H groups in total. The van der Waals surface area contributed by atoms with Gasteiger partial charge in [-0.2, -0.15) is 4.98 Å². The van der Waals surface area contributed by atoms with E-state index in [0.29, 0.717) is 16.6 Å². The number of hydrogen-bond donors (Lipinski definition) is 1. The van der Waals surface area contributed by atoms with Crippen LogP contribution < -0.4 is 11.3 Å². The fourth-order valence-electron chi connectivity index (χ4n) is 2.68. The molecule has 27 heavy (non-hydrogen) atoms. The Morgan fingerprint density at radius 2 is 1.59 bits per heavy atom. The average Bonchev–Trinajstić information content (AvgIpc) is 3.18. The van der Waals surface area contributed by atoms with Crippen LogP contribution in [-0.4, -0.2) is 24.9 Å². The number of nitrogens with one attached hydrogen (secondary N) is 1. The second-order valence-corrected chi connectivity index (χ2v) is 5.65. The van der Waals surface area contributed by atoms with Gasteiger partial charge in [0.1, 0.15) is 11.1 Å². The first-order valence-corrected chi connectivity index (χ1v) is 7.90. The minimum atomic E-state index is -0.561. The van der Waals surface area contributed by atoms with Gasteiger partial charge in [0.05, 0.1) is 17.1 Å². The lowest BCUT2D eigenvalue weighted by molar-refractivity contribution is 0.512. The fourth-order valence-corrected chi connectivity index (χ4v) is 2.68. The van der Waals surface area contributed by atoms with E-state index in [-0.39, 0.29) is 28.6 Å². The third-order valence-electron chi connectivity index (χ3n) is 3.95. The van der Waals surface area contributed by atoms with E-state index in [1.165, 1.54) is 12.4 Å². The molecule has 0 saturated carbocycles. The van der Waals surface area contributed by atoms with Crippen molar-refractivity contribution >= 4 is 21.9 Å². The summed E-state index contributed by atoms with van der Waals surface area (Å²) >= 11 is 0. The predicted octanol–water partition coefficient (Wildman–Crippen LogP) is 2.14. The first-order chi connectivity index (χ1) is 13.2. The number of aromatic nitrogens is 5. The second-order valence-electron chi connectivity index (χ2n) is 5.65. The minimum Gasteiger partial charge on any atom is -0.401 e. The minimum absolute atomic E-state index is 0.0196. The van der Waals surface area contributed by atoms with Gasteiger partial charge in [0, 0.05) is 6.20 Å². The van der Waals surface area contributed by atoms with E-state index in [1.807, 2.05) is 0 Å². The average molecular weight is 359 g/mol. The van der Waals surface area contributed by atoms with Gasteiger partial charge in [-0.3, -0.25) is 0 Å². The van der Waals surface area contributed by atoms with Crippen LogP contribution in [0.3, 0.4) is 0 Å². The summed E-state index contributed by atoms with van der Waals surface area (Å²) < 4.78 is 10.5. The van der Waals surface area contributed by atoms with Gasteiger partial charge in [0.2, 0.25) is 0 Å². The predicted molar refractivity (Wildman–Crippen MR) is 94.9 cm³/mol. The lowest BCUT2D eigenvalue weighted by Gasteiger charge is -1.99. The molecule has 0 aliphatic heterocycles. The molecule has 0 fully saturated rings. The molecule has 0 radical (unpaired) electrons. The fraction of sp³-hybridized carbons (Fsp3) is 0. The molecule has 1 aromatic carbocycles. The molecular formula is C18H9N5O4. The molecule has 4 aromatic heterocycles. The molecule has 130 valence electrons. The van der Waals surface area contributed by atoms with Crippen molar-refractivity contribution < 1.29 is 8.83 Å². The molecule has 4 heterocycles. The van der Waals surface area contributed by atoms with Crippen molar-refractivity contribution in [2.24, 2.45) is 0 Å². The first kappa shape index (κ1) is 15.1. The number of rotatable bonds is 2. The number of H-pyrrole nitrogens is 1. The van der Waals surface area contributed by atoms with Gasteiger partial charge in [-0.15, -0.1) is 0 Å². The van der Waals surface area contributed by atoms with Crippen LogP contribution in [0.25, 0.3) is 45.2 Å². The van der Waals surface area contributed by atoms with E-state index >= 15 is 0 Å². The summed E-state index contributed by atoms with van der Waals surface area (Å²) in [6.07, 6.45) is 2.94. The van der Waals surface area contributed by atoms with Crippen molar-refractivity contribution in [3.63, 3.8) is 0 Å². The van der Waals surface area contributed by atoms with Crippen molar-refractivity contribution in [3.8, 4) is 23.3 Å². The van der Waals surface area contributed by atoms with Gasteiger partial charge < -0.3 is 13.8 Å². The second kappa shape index (κ2) is 5.70. The molecule has 5 aromatic rings. The number of pyridine rings is 1. The Bertz CT molecular complexity index is 1330. The quantitative estimate of drug-likeness (QED) is 0.508. The van der Waals surface area contributed by atoms with E-state index in [4.69, 9.17) is 8.83 Å². The third-order valence-corrected chi connectivity index (χ3v) is 3.95. The highest BCUT2D eigenvalue weighted by Gasteiger charge is 2.15. The van der Waals surface area contributed by atoms with Gasteiger partial charge in [-0.1, -0.05) is 12.1 Å². The molecule has 0 aliphatic carbocycles. The van der Waals surface area contributed by atoms with Crippen LogP contribution in [0.15, 0.2) is 67.2 Å². The van der Waals surface area contributed by atoms with Crippen LogP contribution in [-0.2, 0) is 0 Å². The van der Waals surface area contributed by atoms with E-state index in [1.54, 1.807) is 36.4 Å². The molecular weight excluding hydrogens is 350 g/mol. The van der Waals surface area contributed by atoms with Crippen molar-refractivity contribution in [2.75, 3.05) is 0 Å². The standard InChI is InChI=1S/C18H9N5O4/c24-17-9-4-1-2-6-11(9)22-16(27-17)14-20-8-12(21-14)15-23-13-10(18(25)26-15)5-3-7-19-13/h1-8H,(H,20,21). The van der Waals surface area contributed by atoms with Crippen LogP contribution in [0.4, 0.5) is 0 Å². The summed E-state index contributed by atoms with van der Waals surface area (Å²) in [5.41, 5.74) is -0.00786. The highest BCUT2D eigenvalue weighted by molar-refractivity contribution is 5.78. The highest BCUT2D eigenvalue weighted by Crippen LogP contribution is 2.20. The molecule has 5 rings (SSSR count). The van der Waals surface area contributed by atoms with Gasteiger partial charge in [-0.05, 0) is 24.3 Å². The summed E-state index contributed by atoms with van der Waals surface area (Å²) in [6, 6.07) is 10.0. The largest absolute Gasteiger partial charge is 0.401 e. The smallest absolute Gasteiger partial charge is 0.348 e. The number of hydrogen-bond acceptors (Lipinski definition) is 8. The van der Waals surface area contributed by atoms with Gasteiger partial charge >= 0.3 is 11.3 Å². The summed E-state index contributed by atoms with van der Waals surface area (Å²) in [4.78, 5) is 43.8. The molecule has 0 spiro atoms. The van der Waals surface area contributed by atoms with E-state index in [0.717, 1.165) is 0 Å². The number of imidazole rings is 1. The van der Waals surface area contributed by atoms with Crippen LogP contribution >= 0.6 is 0 Å². The summed E-state index contributed by atoms with van der Waals surface area (Å²) in [6.45, 7) is 0. The van der Waals surface area contributed by atoms with Crippen molar-refractivity contribution in [2.45, 2.75) is 0 Å². The Morgan fingerprint density at radius 1 is 0.815 bits per heavy atom. The van der Waals surface area contributed by atoms with Crippen LogP contribution in [0.5, 0.6) is 0 Å². The summed E-state index contributed by atoms with van der Waals surface area (Å²) in [5, 5.41) is 0.657. The van der Waals surface area contributed by atoms with Gasteiger partial charge in [0.15, 0.2) is 11.5 Å². The number of benzene rings is 1. The molecule has 0 amide bonds. The van der Waals surface area contributed by atoms with Crippen molar-refractivity contribution in [1.82, 2.24) is 24.9 Å². The monoisotopic (exact) mass is 359 g/mol. The molecule has 0 saturated heterocycles. The lowest BCUT2D eigenvalue weighted by atomic mass is 10.2. The summed E-state index contributed by atoms with van der Waals surface area (Å²) in [7, 11) is 0. The SMILES string of the molecule is O=c1oc(-c2ncc(-c3nc4ncccc4c(=O)o3)[nH]2)nc2ccccc12. The van der Waals surface area contributed by atoms with Gasteiger partial charge in [-0.25, -0.2) is 24.5 Å². The Kier molecular flexibility index (Phi) is 3.20. The highest BCUT2D eigenvalue weighted by atomic mass is 16.4. The summed E-state index contributed by atoms with van der Waals surface area (Å²) in [5.74, 6) is 0.248. The van der Waals surface area contributed by atoms with Crippen LogP contribution in [0.1, 0.15) is 0 Å². The maximum absolute atomic E-state index is 12.1. The maximum Gasteiger partial charge on any atom is 0.348 e. The van der Waals surface area contributed by atoms with E-state index < -0.39 is 11.3 Å². The number of nitrogens with zero attached hydrogens (tertiary/aromatic N) is 4. The Morgan fingerprint density at radius 3 is 2.52 bits per heavy atom. The molecule has 0 unspecified atom stereocenters. The Labute approximate surface area is 149 Å². The molecule has 0 atom stereocenters. The van der Waals surface area contributed by atoms with E-state index in [9.17, 15) is 9.59 Å².